The van der Waals surface area contributed by atoms with Crippen molar-refractivity contribution in [1.82, 2.24) is 4.98 Å². The van der Waals surface area contributed by atoms with Crippen LogP contribution < -0.4 is 0 Å². The number of rotatable bonds is 2. The van der Waals surface area contributed by atoms with E-state index in [1.165, 1.54) is 5.56 Å². The van der Waals surface area contributed by atoms with Gasteiger partial charge in [0.2, 0.25) is 0 Å². The van der Waals surface area contributed by atoms with Crippen molar-refractivity contribution in [2.75, 3.05) is 12.4 Å². The smallest absolute Gasteiger partial charge is 0.355 e. The Kier molecular flexibility index (Phi) is 2.76. The molecule has 2 N–H and O–H groups in total. The lowest BCUT2D eigenvalue weighted by Crippen LogP contribution is -2.37. The topological polar surface area (TPSA) is 62.3 Å². The maximum absolute atomic E-state index is 12.1. The number of carbonyl (C=O) groups excluding carboxylic acids is 1. The molecule has 1 aliphatic heterocycles. The monoisotopic (exact) mass is 291 g/mol. The number of allylic oxidation sites excluding steroid dienone is 2. The largest absolute Gasteiger partial charge is 0.461 e. The van der Waals surface area contributed by atoms with E-state index in [1.54, 1.807) is 11.8 Å². The molecule has 0 spiro atoms. The summed E-state index contributed by atoms with van der Waals surface area (Å²) in [6.45, 7) is 2.19. The second-order valence-corrected chi connectivity index (χ2v) is 6.80. The van der Waals surface area contributed by atoms with Gasteiger partial charge < -0.3 is 14.8 Å². The minimum atomic E-state index is -0.324. The highest BCUT2D eigenvalue weighted by atomic mass is 32.2. The lowest BCUT2D eigenvalue weighted by molar-refractivity contribution is 0.0515. The zero-order chi connectivity index (χ0) is 13.9. The van der Waals surface area contributed by atoms with E-state index in [9.17, 15) is 9.90 Å². The summed E-state index contributed by atoms with van der Waals surface area (Å²) in [4.78, 5) is 15.2. The van der Waals surface area contributed by atoms with Crippen LogP contribution in [0.5, 0.6) is 0 Å². The minimum absolute atomic E-state index is 0.135. The van der Waals surface area contributed by atoms with E-state index in [2.05, 4.69) is 17.1 Å². The molecule has 5 heteroatoms. The van der Waals surface area contributed by atoms with E-state index in [0.29, 0.717) is 24.1 Å². The molecule has 0 amide bonds. The second kappa shape index (κ2) is 4.40. The summed E-state index contributed by atoms with van der Waals surface area (Å²) in [6.07, 6.45) is 6.36. The zero-order valence-corrected chi connectivity index (χ0v) is 12.0. The number of aromatic amines is 1. The summed E-state index contributed by atoms with van der Waals surface area (Å²) in [7, 11) is 0. The van der Waals surface area contributed by atoms with Gasteiger partial charge in [0, 0.05) is 24.0 Å². The van der Waals surface area contributed by atoms with Crippen LogP contribution in [0.1, 0.15) is 40.4 Å². The summed E-state index contributed by atoms with van der Waals surface area (Å²) in [5, 5.41) is 10.2. The molecule has 1 fully saturated rings. The van der Waals surface area contributed by atoms with E-state index in [4.69, 9.17) is 4.74 Å². The number of carbonyl (C=O) groups is 1. The van der Waals surface area contributed by atoms with Crippen molar-refractivity contribution in [1.29, 1.82) is 0 Å². The number of aliphatic hydroxyl groups excluding tert-OH is 1. The van der Waals surface area contributed by atoms with E-state index >= 15 is 0 Å². The fourth-order valence-electron chi connectivity index (χ4n) is 4.02. The lowest BCUT2D eigenvalue weighted by Gasteiger charge is -2.42. The summed E-state index contributed by atoms with van der Waals surface area (Å²) >= 11 is 1.64. The van der Waals surface area contributed by atoms with Crippen LogP contribution in [0.4, 0.5) is 0 Å². The van der Waals surface area contributed by atoms with E-state index < -0.39 is 0 Å². The number of ether oxygens (including phenoxy) is 1. The zero-order valence-electron chi connectivity index (χ0n) is 11.2. The summed E-state index contributed by atoms with van der Waals surface area (Å²) in [5.41, 5.74) is 2.52. The van der Waals surface area contributed by atoms with Crippen molar-refractivity contribution >= 4 is 17.7 Å². The van der Waals surface area contributed by atoms with Gasteiger partial charge in [-0.15, -0.1) is 11.8 Å². The van der Waals surface area contributed by atoms with Crippen molar-refractivity contribution < 1.29 is 14.6 Å². The van der Waals surface area contributed by atoms with Crippen molar-refractivity contribution in [3.63, 3.8) is 0 Å². The Hall–Kier alpha value is -1.20. The molecule has 5 unspecified atom stereocenters. The molecule has 3 aliphatic carbocycles. The molecule has 0 radical (unpaired) electrons. The van der Waals surface area contributed by atoms with Crippen molar-refractivity contribution in [3.05, 3.63) is 35.2 Å². The number of hydrogen-bond acceptors (Lipinski definition) is 4. The Labute approximate surface area is 121 Å². The first-order valence-corrected chi connectivity index (χ1v) is 8.13. The van der Waals surface area contributed by atoms with Crippen LogP contribution >= 0.6 is 11.8 Å². The number of aromatic nitrogens is 1. The maximum atomic E-state index is 12.1. The van der Waals surface area contributed by atoms with Gasteiger partial charge in [-0.3, -0.25) is 0 Å². The summed E-state index contributed by atoms with van der Waals surface area (Å²) in [5.74, 6) is 1.89. The maximum Gasteiger partial charge on any atom is 0.355 e. The molecule has 106 valence electrons. The molecular formula is C15H17NO3S. The van der Waals surface area contributed by atoms with E-state index in [0.717, 1.165) is 11.3 Å². The standard InChI is InChI=1S/C15H17NO3S/c1-2-19-14(17)13-11-8-4-3-7(9(11)5-16-13)10-6-20-15(18)12(8)10/h3-5,7-8,10,12,15-16,18H,2,6H2,1H3. The number of H-pyrrole nitrogens is 1. The molecule has 2 bridgehead atoms. The Morgan fingerprint density at radius 2 is 2.30 bits per heavy atom. The van der Waals surface area contributed by atoms with Crippen LogP contribution in [-0.4, -0.2) is 33.9 Å². The fraction of sp³-hybridized carbons (Fsp3) is 0.533. The molecule has 5 rings (SSSR count). The third-order valence-electron chi connectivity index (χ3n) is 4.81. The van der Waals surface area contributed by atoms with Crippen LogP contribution in [0.15, 0.2) is 18.3 Å². The predicted molar refractivity (Wildman–Crippen MR) is 76.8 cm³/mol. The first-order valence-electron chi connectivity index (χ1n) is 7.08. The second-order valence-electron chi connectivity index (χ2n) is 5.65. The average molecular weight is 291 g/mol. The summed E-state index contributed by atoms with van der Waals surface area (Å²) < 4.78 is 5.14. The highest BCUT2D eigenvalue weighted by Gasteiger charge is 2.52. The van der Waals surface area contributed by atoms with Crippen LogP contribution in [-0.2, 0) is 4.74 Å². The normalized spacial score (nSPS) is 36.8. The highest BCUT2D eigenvalue weighted by molar-refractivity contribution is 8.00. The number of thioether (sulfide) groups is 1. The molecule has 0 saturated carbocycles. The third-order valence-corrected chi connectivity index (χ3v) is 6.04. The molecule has 20 heavy (non-hydrogen) atoms. The number of aliphatic hydroxyl groups is 1. The molecule has 1 aromatic heterocycles. The van der Waals surface area contributed by atoms with Gasteiger partial charge in [-0.25, -0.2) is 4.79 Å². The van der Waals surface area contributed by atoms with Gasteiger partial charge in [-0.05, 0) is 29.7 Å². The fourth-order valence-corrected chi connectivity index (χ4v) is 5.46. The molecule has 0 aromatic carbocycles. The van der Waals surface area contributed by atoms with Gasteiger partial charge in [-0.2, -0.15) is 0 Å². The quantitative estimate of drug-likeness (QED) is 0.648. The Balaban J connectivity index is 1.80. The first kappa shape index (κ1) is 12.5. The first-order chi connectivity index (χ1) is 9.72. The highest BCUT2D eigenvalue weighted by Crippen LogP contribution is 2.59. The van der Waals surface area contributed by atoms with Crippen molar-refractivity contribution in [2.45, 2.75) is 24.2 Å². The number of nitrogens with one attached hydrogen (secondary N) is 1. The van der Waals surface area contributed by atoms with Crippen molar-refractivity contribution in [2.24, 2.45) is 11.8 Å². The van der Waals surface area contributed by atoms with Gasteiger partial charge >= 0.3 is 5.97 Å². The predicted octanol–water partition coefficient (Wildman–Crippen LogP) is 2.24. The van der Waals surface area contributed by atoms with Crippen LogP contribution in [0.25, 0.3) is 0 Å². The van der Waals surface area contributed by atoms with Crippen molar-refractivity contribution in [3.8, 4) is 0 Å². The molecule has 1 saturated heterocycles. The number of esters is 1. The molecule has 5 atom stereocenters. The molecule has 2 heterocycles. The van der Waals surface area contributed by atoms with Gasteiger partial charge in [0.1, 0.15) is 11.1 Å². The van der Waals surface area contributed by atoms with E-state index in [1.807, 2.05) is 13.1 Å². The minimum Gasteiger partial charge on any atom is -0.461 e. The molecule has 4 aliphatic rings. The van der Waals surface area contributed by atoms with Crippen LogP contribution in [0.2, 0.25) is 0 Å². The molecule has 1 aromatic rings. The van der Waals surface area contributed by atoms with Gasteiger partial charge in [0.15, 0.2) is 0 Å². The Bertz CT molecular complexity index is 594. The molecule has 4 nitrogen and oxygen atoms in total. The van der Waals surface area contributed by atoms with Gasteiger partial charge in [0.25, 0.3) is 0 Å². The molecular weight excluding hydrogens is 274 g/mol. The average Bonchev–Trinajstić information content (AvgIpc) is 3.05. The Morgan fingerprint density at radius 3 is 3.10 bits per heavy atom. The third kappa shape index (κ3) is 1.50. The van der Waals surface area contributed by atoms with Crippen LogP contribution in [0, 0.1) is 11.8 Å². The van der Waals surface area contributed by atoms with Crippen LogP contribution in [0.3, 0.4) is 0 Å². The van der Waals surface area contributed by atoms with Gasteiger partial charge in [-0.1, -0.05) is 12.2 Å². The van der Waals surface area contributed by atoms with Gasteiger partial charge in [0.05, 0.1) is 6.61 Å². The lowest BCUT2D eigenvalue weighted by atomic mass is 9.61. The Morgan fingerprint density at radius 1 is 1.50 bits per heavy atom. The number of hydrogen-bond donors (Lipinski definition) is 2. The SMILES string of the molecule is CCOC(=O)c1[nH]cc2c1C1C=CC2C2CSC(O)C12. The summed E-state index contributed by atoms with van der Waals surface area (Å²) in [6, 6.07) is 0. The van der Waals surface area contributed by atoms with E-state index in [-0.39, 0.29) is 23.2 Å².